The third-order valence-corrected chi connectivity index (χ3v) is 5.36. The van der Waals surface area contributed by atoms with Crippen molar-refractivity contribution < 1.29 is 4.79 Å². The molecule has 2 N–H and O–H groups in total. The maximum Gasteiger partial charge on any atom is 0.270 e. The van der Waals surface area contributed by atoms with Gasteiger partial charge in [0.05, 0.1) is 0 Å². The van der Waals surface area contributed by atoms with Crippen LogP contribution < -0.4 is 10.9 Å². The van der Waals surface area contributed by atoms with E-state index in [0.29, 0.717) is 29.9 Å². The molecular formula is C17H17N7O2. The van der Waals surface area contributed by atoms with E-state index in [9.17, 15) is 9.59 Å². The van der Waals surface area contributed by atoms with E-state index in [2.05, 4.69) is 25.4 Å². The zero-order valence-corrected chi connectivity index (χ0v) is 13.9. The number of carbonyl (C=O) groups is 1. The third kappa shape index (κ3) is 2.35. The van der Waals surface area contributed by atoms with E-state index >= 15 is 0 Å². The van der Waals surface area contributed by atoms with E-state index in [1.54, 1.807) is 22.8 Å². The van der Waals surface area contributed by atoms with E-state index in [1.807, 2.05) is 11.0 Å². The third-order valence-electron chi connectivity index (χ3n) is 5.36. The highest BCUT2D eigenvalue weighted by molar-refractivity contribution is 5.92. The molecule has 9 heteroatoms. The molecule has 0 aromatic carbocycles. The van der Waals surface area contributed by atoms with Gasteiger partial charge < -0.3 is 15.2 Å². The van der Waals surface area contributed by atoms with Crippen LogP contribution in [0.3, 0.4) is 0 Å². The molecule has 1 saturated heterocycles. The highest BCUT2D eigenvalue weighted by Crippen LogP contribution is 2.42. The standard InChI is InChI=1S/C17H17N7O2/c25-15-3-1-2-12(22-15)16(26)23-7-10-6-13(11(10)8-23)21-14-4-5-18-17-19-9-20-24(14)17/h1-5,9-11,13,21H,6-8H2,(H,22,25). The van der Waals surface area contributed by atoms with Gasteiger partial charge >= 0.3 is 0 Å². The lowest BCUT2D eigenvalue weighted by molar-refractivity contribution is 0.0781. The normalized spacial score (nSPS) is 24.3. The predicted octanol–water partition coefficient (Wildman–Crippen LogP) is 0.385. The molecule has 2 aliphatic rings. The second kappa shape index (κ2) is 5.65. The molecule has 1 aliphatic carbocycles. The minimum atomic E-state index is -0.257. The molecule has 9 nitrogen and oxygen atoms in total. The summed E-state index contributed by atoms with van der Waals surface area (Å²) >= 11 is 0. The largest absolute Gasteiger partial charge is 0.367 e. The Labute approximate surface area is 148 Å². The van der Waals surface area contributed by atoms with Gasteiger partial charge in [0.25, 0.3) is 11.7 Å². The summed E-state index contributed by atoms with van der Waals surface area (Å²) in [5.74, 6) is 2.18. The van der Waals surface area contributed by atoms with Crippen LogP contribution in [0.25, 0.3) is 5.78 Å². The van der Waals surface area contributed by atoms with Crippen LogP contribution in [-0.4, -0.2) is 54.5 Å². The van der Waals surface area contributed by atoms with Gasteiger partial charge in [-0.05, 0) is 24.5 Å². The molecule has 26 heavy (non-hydrogen) atoms. The summed E-state index contributed by atoms with van der Waals surface area (Å²) in [6.45, 7) is 1.41. The number of aromatic amines is 1. The van der Waals surface area contributed by atoms with Crippen LogP contribution in [0.1, 0.15) is 16.9 Å². The number of nitrogens with zero attached hydrogens (tertiary/aromatic N) is 5. The SMILES string of the molecule is O=C(c1cccc(=O)[nH]1)N1CC2CC(Nc3ccnc4ncnn34)C2C1. The van der Waals surface area contributed by atoms with Crippen LogP contribution in [-0.2, 0) is 0 Å². The number of aromatic nitrogens is 5. The van der Waals surface area contributed by atoms with Crippen LogP contribution in [0.4, 0.5) is 5.82 Å². The van der Waals surface area contributed by atoms with Gasteiger partial charge in [0.15, 0.2) is 0 Å². The average molecular weight is 351 g/mol. The number of rotatable bonds is 3. The van der Waals surface area contributed by atoms with Crippen molar-refractivity contribution in [1.82, 2.24) is 29.5 Å². The van der Waals surface area contributed by atoms with Crippen LogP contribution in [0.5, 0.6) is 0 Å². The molecule has 132 valence electrons. The van der Waals surface area contributed by atoms with E-state index in [0.717, 1.165) is 18.8 Å². The Morgan fingerprint density at radius 2 is 2.15 bits per heavy atom. The molecular weight excluding hydrogens is 334 g/mol. The Kier molecular flexibility index (Phi) is 3.27. The maximum atomic E-state index is 12.6. The van der Waals surface area contributed by atoms with Crippen LogP contribution in [0.15, 0.2) is 41.6 Å². The van der Waals surface area contributed by atoms with Gasteiger partial charge in [0, 0.05) is 37.3 Å². The van der Waals surface area contributed by atoms with Crippen molar-refractivity contribution in [3.8, 4) is 0 Å². The van der Waals surface area contributed by atoms with Crippen LogP contribution in [0, 0.1) is 11.8 Å². The molecule has 0 spiro atoms. The van der Waals surface area contributed by atoms with E-state index in [-0.39, 0.29) is 17.5 Å². The molecule has 0 radical (unpaired) electrons. The van der Waals surface area contributed by atoms with Crippen LogP contribution in [0.2, 0.25) is 0 Å². The number of likely N-dealkylation sites (tertiary alicyclic amines) is 1. The number of carbonyl (C=O) groups excluding carboxylic acids is 1. The van der Waals surface area contributed by atoms with Crippen molar-refractivity contribution in [3.05, 3.63) is 52.8 Å². The molecule has 2 fully saturated rings. The Morgan fingerprint density at radius 1 is 1.23 bits per heavy atom. The van der Waals surface area contributed by atoms with E-state index < -0.39 is 0 Å². The van der Waals surface area contributed by atoms with Gasteiger partial charge in [-0.25, -0.2) is 4.98 Å². The van der Waals surface area contributed by atoms with Crippen molar-refractivity contribution in [2.45, 2.75) is 12.5 Å². The summed E-state index contributed by atoms with van der Waals surface area (Å²) in [6.07, 6.45) is 4.19. The van der Waals surface area contributed by atoms with Gasteiger partial charge in [0.1, 0.15) is 17.8 Å². The summed E-state index contributed by atoms with van der Waals surface area (Å²) in [4.78, 5) is 36.8. The predicted molar refractivity (Wildman–Crippen MR) is 92.8 cm³/mol. The second-order valence-corrected chi connectivity index (χ2v) is 6.85. The zero-order chi connectivity index (χ0) is 17.7. The molecule has 3 unspecified atom stereocenters. The van der Waals surface area contributed by atoms with Gasteiger partial charge in [-0.1, -0.05) is 6.07 Å². The second-order valence-electron chi connectivity index (χ2n) is 6.85. The number of nitrogens with one attached hydrogen (secondary N) is 2. The number of hydrogen-bond acceptors (Lipinski definition) is 6. The summed E-state index contributed by atoms with van der Waals surface area (Å²) in [5.41, 5.74) is 0.0915. The Morgan fingerprint density at radius 3 is 3.04 bits per heavy atom. The summed E-state index contributed by atoms with van der Waals surface area (Å²) in [7, 11) is 0. The topological polar surface area (TPSA) is 108 Å². The minimum Gasteiger partial charge on any atom is -0.367 e. The first-order valence-electron chi connectivity index (χ1n) is 8.59. The van der Waals surface area contributed by atoms with E-state index in [4.69, 9.17) is 0 Å². The van der Waals surface area contributed by atoms with Crippen molar-refractivity contribution in [2.24, 2.45) is 11.8 Å². The Bertz CT molecular complexity index is 1040. The molecule has 1 amide bonds. The molecule has 0 bridgehead atoms. The number of hydrogen-bond donors (Lipinski definition) is 2. The van der Waals surface area contributed by atoms with Gasteiger partial charge in [-0.2, -0.15) is 14.6 Å². The zero-order valence-electron chi connectivity index (χ0n) is 13.9. The molecule has 4 heterocycles. The lowest BCUT2D eigenvalue weighted by Gasteiger charge is -2.40. The fourth-order valence-corrected chi connectivity index (χ4v) is 4.02. The number of amides is 1. The summed E-state index contributed by atoms with van der Waals surface area (Å²) in [6, 6.07) is 6.82. The smallest absolute Gasteiger partial charge is 0.270 e. The van der Waals surface area contributed by atoms with Crippen molar-refractivity contribution in [1.29, 1.82) is 0 Å². The summed E-state index contributed by atoms with van der Waals surface area (Å²) < 4.78 is 1.68. The fourth-order valence-electron chi connectivity index (χ4n) is 4.02. The van der Waals surface area contributed by atoms with E-state index in [1.165, 1.54) is 12.4 Å². The molecule has 3 aromatic rings. The monoisotopic (exact) mass is 351 g/mol. The number of fused-ring (bicyclic) bond motifs is 2. The van der Waals surface area contributed by atoms with Crippen LogP contribution >= 0.6 is 0 Å². The molecule has 1 saturated carbocycles. The van der Waals surface area contributed by atoms with Crippen molar-refractivity contribution >= 4 is 17.5 Å². The maximum absolute atomic E-state index is 12.6. The first-order valence-corrected chi connectivity index (χ1v) is 8.59. The minimum absolute atomic E-state index is 0.113. The highest BCUT2D eigenvalue weighted by Gasteiger charge is 2.48. The van der Waals surface area contributed by atoms with Crippen molar-refractivity contribution in [2.75, 3.05) is 18.4 Å². The van der Waals surface area contributed by atoms with Crippen molar-refractivity contribution in [3.63, 3.8) is 0 Å². The first-order chi connectivity index (χ1) is 12.7. The molecule has 3 aromatic heterocycles. The number of pyridine rings is 1. The lowest BCUT2D eigenvalue weighted by atomic mass is 9.71. The van der Waals surface area contributed by atoms with Gasteiger partial charge in [-0.15, -0.1) is 0 Å². The first kappa shape index (κ1) is 15.1. The number of anilines is 1. The quantitative estimate of drug-likeness (QED) is 0.706. The van der Waals surface area contributed by atoms with Gasteiger partial charge in [-0.3, -0.25) is 9.59 Å². The lowest BCUT2D eigenvalue weighted by Crippen LogP contribution is -2.46. The molecule has 1 aliphatic heterocycles. The number of H-pyrrole nitrogens is 1. The average Bonchev–Trinajstić information content (AvgIpc) is 3.24. The molecule has 5 rings (SSSR count). The fraction of sp³-hybridized carbons (Fsp3) is 0.353. The molecule has 3 atom stereocenters. The Hall–Kier alpha value is -3.23. The summed E-state index contributed by atoms with van der Waals surface area (Å²) in [5, 5.41) is 7.70. The Balaban J connectivity index is 1.30. The van der Waals surface area contributed by atoms with Gasteiger partial charge in [0.2, 0.25) is 5.56 Å². The highest BCUT2D eigenvalue weighted by atomic mass is 16.2.